The Bertz CT molecular complexity index is 767. The van der Waals surface area contributed by atoms with E-state index >= 15 is 0 Å². The molecule has 2 amide bonds. The molecule has 3 rings (SSSR count). The van der Waals surface area contributed by atoms with Crippen molar-refractivity contribution in [2.24, 2.45) is 0 Å². The Morgan fingerprint density at radius 1 is 1.19 bits per heavy atom. The Morgan fingerprint density at radius 2 is 2.00 bits per heavy atom. The van der Waals surface area contributed by atoms with Gasteiger partial charge in [-0.2, -0.15) is 0 Å². The summed E-state index contributed by atoms with van der Waals surface area (Å²) in [7, 11) is 0. The lowest BCUT2D eigenvalue weighted by atomic mass is 10.1. The quantitative estimate of drug-likeness (QED) is 0.821. The predicted octanol–water partition coefficient (Wildman–Crippen LogP) is 3.28. The minimum atomic E-state index is -0.264. The van der Waals surface area contributed by atoms with Crippen LogP contribution in [0.25, 0.3) is 0 Å². The van der Waals surface area contributed by atoms with Crippen molar-refractivity contribution >= 4 is 29.3 Å². The van der Waals surface area contributed by atoms with E-state index in [0.717, 1.165) is 10.6 Å². The van der Waals surface area contributed by atoms with E-state index in [2.05, 4.69) is 5.32 Å². The second-order valence-corrected chi connectivity index (χ2v) is 6.96. The van der Waals surface area contributed by atoms with Gasteiger partial charge in [0.05, 0.1) is 19.3 Å². The van der Waals surface area contributed by atoms with Crippen molar-refractivity contribution < 1.29 is 14.3 Å². The van der Waals surface area contributed by atoms with Crippen LogP contribution in [-0.4, -0.2) is 48.8 Å². The highest BCUT2D eigenvalue weighted by molar-refractivity contribution is 7.98. The van der Waals surface area contributed by atoms with Gasteiger partial charge in [-0.1, -0.05) is 24.3 Å². The number of benzene rings is 2. The van der Waals surface area contributed by atoms with E-state index < -0.39 is 0 Å². The van der Waals surface area contributed by atoms with E-state index in [1.165, 1.54) is 0 Å². The summed E-state index contributed by atoms with van der Waals surface area (Å²) in [5.74, 6) is -0.180. The van der Waals surface area contributed by atoms with Crippen LogP contribution in [0.3, 0.4) is 0 Å². The second kappa shape index (κ2) is 8.87. The van der Waals surface area contributed by atoms with E-state index in [1.807, 2.05) is 48.7 Å². The number of hydrogen-bond acceptors (Lipinski definition) is 4. The van der Waals surface area contributed by atoms with Crippen LogP contribution in [0.4, 0.5) is 5.69 Å². The Morgan fingerprint density at radius 3 is 2.77 bits per heavy atom. The summed E-state index contributed by atoms with van der Waals surface area (Å²) in [5.41, 5.74) is 1.40. The van der Waals surface area contributed by atoms with Crippen LogP contribution < -0.4 is 5.32 Å². The summed E-state index contributed by atoms with van der Waals surface area (Å²) in [6.07, 6.45) is 2.20. The molecule has 0 aromatic heterocycles. The number of rotatable bonds is 5. The van der Waals surface area contributed by atoms with Crippen molar-refractivity contribution in [1.29, 1.82) is 0 Å². The lowest BCUT2D eigenvalue weighted by molar-refractivity contribution is -0.118. The van der Waals surface area contributed by atoms with Gasteiger partial charge in [0.15, 0.2) is 0 Å². The summed E-state index contributed by atoms with van der Waals surface area (Å²) in [6.45, 7) is 1.36. The molecule has 0 bridgehead atoms. The monoisotopic (exact) mass is 370 g/mol. The van der Waals surface area contributed by atoms with Gasteiger partial charge >= 0.3 is 0 Å². The third-order valence-corrected chi connectivity index (χ3v) is 5.01. The topological polar surface area (TPSA) is 58.6 Å². The maximum absolute atomic E-state index is 12.8. The Kier molecular flexibility index (Phi) is 6.30. The number of thioether (sulfide) groups is 1. The largest absolute Gasteiger partial charge is 0.377 e. The molecule has 2 aromatic carbocycles. The van der Waals surface area contributed by atoms with Gasteiger partial charge in [0.1, 0.15) is 0 Å². The Hall–Kier alpha value is -2.31. The second-order valence-electron chi connectivity index (χ2n) is 6.08. The van der Waals surface area contributed by atoms with E-state index in [0.29, 0.717) is 25.3 Å². The van der Waals surface area contributed by atoms with Crippen LogP contribution in [0.15, 0.2) is 59.5 Å². The van der Waals surface area contributed by atoms with Gasteiger partial charge in [-0.3, -0.25) is 9.59 Å². The zero-order valence-corrected chi connectivity index (χ0v) is 15.5. The number of nitrogens with one attached hydrogen (secondary N) is 1. The highest BCUT2D eigenvalue weighted by Crippen LogP contribution is 2.20. The van der Waals surface area contributed by atoms with Crippen molar-refractivity contribution in [3.8, 4) is 0 Å². The van der Waals surface area contributed by atoms with Crippen LogP contribution in [-0.2, 0) is 9.53 Å². The first-order valence-electron chi connectivity index (χ1n) is 8.55. The van der Waals surface area contributed by atoms with Gasteiger partial charge in [-0.25, -0.2) is 0 Å². The van der Waals surface area contributed by atoms with Crippen molar-refractivity contribution in [3.05, 3.63) is 60.2 Å². The minimum absolute atomic E-state index is 0.0592. The lowest BCUT2D eigenvalue weighted by Gasteiger charge is -2.35. The van der Waals surface area contributed by atoms with Crippen LogP contribution in [0.1, 0.15) is 16.8 Å². The molecule has 0 radical (unpaired) electrons. The number of hydrogen-bond donors (Lipinski definition) is 1. The number of ether oxygens (including phenoxy) is 1. The van der Waals surface area contributed by atoms with E-state index in [-0.39, 0.29) is 24.3 Å². The fourth-order valence-corrected chi connectivity index (χ4v) is 3.42. The molecule has 1 aliphatic rings. The molecular formula is C20H22N2O3S. The van der Waals surface area contributed by atoms with Crippen LogP contribution >= 0.6 is 11.8 Å². The molecule has 0 aliphatic carbocycles. The average molecular weight is 370 g/mol. The zero-order chi connectivity index (χ0) is 18.4. The summed E-state index contributed by atoms with van der Waals surface area (Å²) < 4.78 is 5.51. The number of morpholine rings is 1. The first-order chi connectivity index (χ1) is 12.7. The SMILES string of the molecule is CSc1cccc(NC(=O)C[C@H]2COCCN2C(=O)c2ccccc2)c1. The molecule has 1 saturated heterocycles. The predicted molar refractivity (Wildman–Crippen MR) is 104 cm³/mol. The zero-order valence-electron chi connectivity index (χ0n) is 14.7. The summed E-state index contributed by atoms with van der Waals surface area (Å²) >= 11 is 1.62. The summed E-state index contributed by atoms with van der Waals surface area (Å²) in [5, 5.41) is 2.92. The molecular weight excluding hydrogens is 348 g/mol. The molecule has 1 N–H and O–H groups in total. The van der Waals surface area contributed by atoms with Gasteiger partial charge < -0.3 is 15.0 Å². The highest BCUT2D eigenvalue weighted by atomic mass is 32.2. The van der Waals surface area contributed by atoms with Gasteiger partial charge in [0, 0.05) is 29.1 Å². The number of anilines is 1. The summed E-state index contributed by atoms with van der Waals surface area (Å²) in [4.78, 5) is 28.1. The van der Waals surface area contributed by atoms with Crippen LogP contribution in [0.5, 0.6) is 0 Å². The Labute approximate surface area is 157 Å². The molecule has 0 saturated carbocycles. The lowest BCUT2D eigenvalue weighted by Crippen LogP contribution is -2.50. The third-order valence-electron chi connectivity index (χ3n) is 4.28. The molecule has 0 spiro atoms. The number of amides is 2. The molecule has 1 atom stereocenters. The van der Waals surface area contributed by atoms with E-state index in [4.69, 9.17) is 4.74 Å². The number of carbonyl (C=O) groups excluding carboxylic acids is 2. The highest BCUT2D eigenvalue weighted by Gasteiger charge is 2.29. The molecule has 136 valence electrons. The maximum Gasteiger partial charge on any atom is 0.254 e. The molecule has 1 aliphatic heterocycles. The standard InChI is InChI=1S/C20H22N2O3S/c1-26-18-9-5-8-16(12-18)21-19(23)13-17-14-25-11-10-22(17)20(24)15-6-3-2-4-7-15/h2-9,12,17H,10-11,13-14H2,1H3,(H,21,23)/t17-/m0/s1. The average Bonchev–Trinajstić information content (AvgIpc) is 2.68. The van der Waals surface area contributed by atoms with Gasteiger partial charge in [0.25, 0.3) is 5.91 Å². The van der Waals surface area contributed by atoms with Crippen LogP contribution in [0.2, 0.25) is 0 Å². The minimum Gasteiger partial charge on any atom is -0.377 e. The smallest absolute Gasteiger partial charge is 0.254 e. The van der Waals surface area contributed by atoms with Gasteiger partial charge in [0.2, 0.25) is 5.91 Å². The number of carbonyl (C=O) groups is 2. The van der Waals surface area contributed by atoms with Crippen molar-refractivity contribution in [2.45, 2.75) is 17.4 Å². The van der Waals surface area contributed by atoms with Gasteiger partial charge in [-0.15, -0.1) is 11.8 Å². The molecule has 0 unspecified atom stereocenters. The first-order valence-corrected chi connectivity index (χ1v) is 9.77. The fourth-order valence-electron chi connectivity index (χ4n) is 2.96. The molecule has 6 heteroatoms. The summed E-state index contributed by atoms with van der Waals surface area (Å²) in [6, 6.07) is 16.6. The van der Waals surface area contributed by atoms with Crippen molar-refractivity contribution in [2.75, 3.05) is 31.3 Å². The maximum atomic E-state index is 12.8. The Balaban J connectivity index is 1.66. The van der Waals surface area contributed by atoms with E-state index in [9.17, 15) is 9.59 Å². The molecule has 5 nitrogen and oxygen atoms in total. The van der Waals surface area contributed by atoms with Crippen LogP contribution in [0, 0.1) is 0 Å². The van der Waals surface area contributed by atoms with Crippen molar-refractivity contribution in [3.63, 3.8) is 0 Å². The number of nitrogens with zero attached hydrogens (tertiary/aromatic N) is 1. The van der Waals surface area contributed by atoms with Crippen molar-refractivity contribution in [1.82, 2.24) is 4.90 Å². The van der Waals surface area contributed by atoms with E-state index in [1.54, 1.807) is 28.8 Å². The third kappa shape index (κ3) is 4.65. The molecule has 1 fully saturated rings. The van der Waals surface area contributed by atoms with Gasteiger partial charge in [-0.05, 0) is 36.6 Å². The first kappa shape index (κ1) is 18.5. The molecule has 2 aromatic rings. The molecule has 1 heterocycles. The fraction of sp³-hybridized carbons (Fsp3) is 0.300. The molecule has 26 heavy (non-hydrogen) atoms. The normalized spacial score (nSPS) is 17.0.